The second-order valence-corrected chi connectivity index (χ2v) is 5.63. The smallest absolute Gasteiger partial charge is 0.185 e. The Hall–Kier alpha value is -0.700. The lowest BCUT2D eigenvalue weighted by molar-refractivity contribution is 0.109. The minimum Gasteiger partial charge on any atom is -0.457 e. The molecule has 0 radical (unpaired) electrons. The van der Waals surface area contributed by atoms with Gasteiger partial charge in [-0.2, -0.15) is 0 Å². The summed E-state index contributed by atoms with van der Waals surface area (Å²) in [6.45, 7) is 6.46. The first-order valence-electron chi connectivity index (χ1n) is 4.19. The van der Waals surface area contributed by atoms with E-state index >= 15 is 0 Å². The standard InChI is InChI=1S/C10H14O2S/c1-10(2,3)13-7-9-5-4-8(6-11)12-9/h4-6H,7H2,1-3H3. The highest BCUT2D eigenvalue weighted by Gasteiger charge is 2.11. The fourth-order valence-electron chi connectivity index (χ4n) is 0.823. The molecule has 0 aliphatic carbocycles. The Morgan fingerprint density at radius 1 is 1.46 bits per heavy atom. The van der Waals surface area contributed by atoms with Crippen molar-refractivity contribution in [2.24, 2.45) is 0 Å². The van der Waals surface area contributed by atoms with E-state index in [0.717, 1.165) is 17.8 Å². The average molecular weight is 198 g/mol. The van der Waals surface area contributed by atoms with E-state index in [1.807, 2.05) is 6.07 Å². The van der Waals surface area contributed by atoms with Gasteiger partial charge < -0.3 is 4.42 Å². The van der Waals surface area contributed by atoms with Crippen LogP contribution in [-0.2, 0) is 5.75 Å². The molecule has 0 saturated heterocycles. The molecule has 3 heteroatoms. The van der Waals surface area contributed by atoms with E-state index in [1.165, 1.54) is 0 Å². The summed E-state index contributed by atoms with van der Waals surface area (Å²) >= 11 is 1.80. The number of hydrogen-bond donors (Lipinski definition) is 0. The first-order chi connectivity index (χ1) is 6.01. The van der Waals surface area contributed by atoms with Crippen molar-refractivity contribution in [1.29, 1.82) is 0 Å². The van der Waals surface area contributed by atoms with Crippen LogP contribution in [0.5, 0.6) is 0 Å². The number of thioether (sulfide) groups is 1. The van der Waals surface area contributed by atoms with Crippen molar-refractivity contribution in [3.8, 4) is 0 Å². The van der Waals surface area contributed by atoms with Gasteiger partial charge in [-0.05, 0) is 12.1 Å². The summed E-state index contributed by atoms with van der Waals surface area (Å²) in [5.74, 6) is 2.09. The highest BCUT2D eigenvalue weighted by Crippen LogP contribution is 2.27. The van der Waals surface area contributed by atoms with Crippen LogP contribution in [0.25, 0.3) is 0 Å². The maximum Gasteiger partial charge on any atom is 0.185 e. The lowest BCUT2D eigenvalue weighted by Crippen LogP contribution is -2.07. The fourth-order valence-corrected chi connectivity index (χ4v) is 1.55. The molecule has 0 N–H and O–H groups in total. The molecule has 0 aliphatic rings. The van der Waals surface area contributed by atoms with Crippen LogP contribution >= 0.6 is 11.8 Å². The Morgan fingerprint density at radius 3 is 2.62 bits per heavy atom. The average Bonchev–Trinajstić information content (AvgIpc) is 2.47. The molecule has 0 amide bonds. The molecule has 1 aromatic heterocycles. The summed E-state index contributed by atoms with van der Waals surface area (Å²) in [6, 6.07) is 3.55. The molecule has 13 heavy (non-hydrogen) atoms. The van der Waals surface area contributed by atoms with Gasteiger partial charge in [0.1, 0.15) is 5.76 Å². The molecule has 0 aromatic carbocycles. The zero-order valence-corrected chi connectivity index (χ0v) is 8.98. The summed E-state index contributed by atoms with van der Waals surface area (Å²) < 4.78 is 5.47. The largest absolute Gasteiger partial charge is 0.457 e. The third-order valence-corrected chi connectivity index (χ3v) is 2.74. The van der Waals surface area contributed by atoms with Crippen molar-refractivity contribution in [2.45, 2.75) is 31.3 Å². The SMILES string of the molecule is CC(C)(C)SCc1ccc(C=O)o1. The van der Waals surface area contributed by atoms with Crippen LogP contribution in [0.3, 0.4) is 0 Å². The van der Waals surface area contributed by atoms with E-state index in [2.05, 4.69) is 20.8 Å². The monoisotopic (exact) mass is 198 g/mol. The normalized spacial score (nSPS) is 11.6. The van der Waals surface area contributed by atoms with Crippen molar-refractivity contribution < 1.29 is 9.21 Å². The number of carbonyl (C=O) groups is 1. The first kappa shape index (κ1) is 10.4. The molecule has 1 rings (SSSR count). The molecule has 0 aliphatic heterocycles. The van der Waals surface area contributed by atoms with Gasteiger partial charge in [-0.1, -0.05) is 20.8 Å². The zero-order valence-electron chi connectivity index (χ0n) is 8.16. The van der Waals surface area contributed by atoms with Crippen molar-refractivity contribution in [1.82, 2.24) is 0 Å². The first-order valence-corrected chi connectivity index (χ1v) is 5.18. The molecular weight excluding hydrogens is 184 g/mol. The molecule has 0 spiro atoms. The van der Waals surface area contributed by atoms with Gasteiger partial charge in [0.25, 0.3) is 0 Å². The van der Waals surface area contributed by atoms with Crippen molar-refractivity contribution >= 4 is 18.0 Å². The van der Waals surface area contributed by atoms with Gasteiger partial charge in [0.15, 0.2) is 12.0 Å². The Kier molecular flexibility index (Phi) is 3.20. The quantitative estimate of drug-likeness (QED) is 0.699. The highest BCUT2D eigenvalue weighted by atomic mass is 32.2. The maximum atomic E-state index is 10.3. The minimum atomic E-state index is 0.230. The summed E-state index contributed by atoms with van der Waals surface area (Å²) in [6.07, 6.45) is 0.727. The van der Waals surface area contributed by atoms with E-state index in [9.17, 15) is 4.79 Å². The number of aldehydes is 1. The molecule has 72 valence electrons. The highest BCUT2D eigenvalue weighted by molar-refractivity contribution is 7.99. The lowest BCUT2D eigenvalue weighted by Gasteiger charge is -2.16. The molecule has 1 heterocycles. The number of rotatable bonds is 3. The number of hydrogen-bond acceptors (Lipinski definition) is 3. The van der Waals surface area contributed by atoms with Crippen LogP contribution in [0.2, 0.25) is 0 Å². The van der Waals surface area contributed by atoms with Gasteiger partial charge in [0.2, 0.25) is 0 Å². The van der Waals surface area contributed by atoms with Crippen LogP contribution in [0.15, 0.2) is 16.5 Å². The van der Waals surface area contributed by atoms with Gasteiger partial charge in [-0.25, -0.2) is 0 Å². The van der Waals surface area contributed by atoms with Gasteiger partial charge >= 0.3 is 0 Å². The predicted octanol–water partition coefficient (Wildman–Crippen LogP) is 3.12. The van der Waals surface area contributed by atoms with Crippen molar-refractivity contribution in [2.75, 3.05) is 0 Å². The van der Waals surface area contributed by atoms with Crippen LogP contribution in [0.4, 0.5) is 0 Å². The van der Waals surface area contributed by atoms with Gasteiger partial charge in [0, 0.05) is 4.75 Å². The third kappa shape index (κ3) is 3.68. The third-order valence-electron chi connectivity index (χ3n) is 1.45. The Balaban J connectivity index is 2.50. The van der Waals surface area contributed by atoms with E-state index < -0.39 is 0 Å². The van der Waals surface area contributed by atoms with Crippen molar-refractivity contribution in [3.63, 3.8) is 0 Å². The topological polar surface area (TPSA) is 30.2 Å². The molecule has 0 saturated carbocycles. The summed E-state index contributed by atoms with van der Waals surface area (Å²) in [5.41, 5.74) is 0. The van der Waals surface area contributed by atoms with Crippen LogP contribution in [-0.4, -0.2) is 11.0 Å². The summed E-state index contributed by atoms with van der Waals surface area (Å²) in [4.78, 5) is 10.3. The molecule has 0 atom stereocenters. The lowest BCUT2D eigenvalue weighted by atomic mass is 10.3. The Bertz CT molecular complexity index is 283. The Labute approximate surface area is 82.7 Å². The van der Waals surface area contributed by atoms with Crippen LogP contribution < -0.4 is 0 Å². The molecule has 0 unspecified atom stereocenters. The summed E-state index contributed by atoms with van der Waals surface area (Å²) in [5, 5.41) is 0. The second-order valence-electron chi connectivity index (χ2n) is 3.82. The molecule has 0 bridgehead atoms. The van der Waals surface area contributed by atoms with Gasteiger partial charge in [-0.3, -0.25) is 4.79 Å². The molecular formula is C10H14O2S. The van der Waals surface area contributed by atoms with Crippen LogP contribution in [0, 0.1) is 0 Å². The van der Waals surface area contributed by atoms with Gasteiger partial charge in [0.05, 0.1) is 5.75 Å². The van der Waals surface area contributed by atoms with E-state index in [0.29, 0.717) is 5.76 Å². The Morgan fingerprint density at radius 2 is 2.15 bits per heavy atom. The molecule has 2 nitrogen and oxygen atoms in total. The fraction of sp³-hybridized carbons (Fsp3) is 0.500. The summed E-state index contributed by atoms with van der Waals surface area (Å²) in [7, 11) is 0. The van der Waals surface area contributed by atoms with Gasteiger partial charge in [-0.15, -0.1) is 11.8 Å². The predicted molar refractivity (Wildman–Crippen MR) is 55.1 cm³/mol. The minimum absolute atomic E-state index is 0.230. The van der Waals surface area contributed by atoms with E-state index in [-0.39, 0.29) is 4.75 Å². The van der Waals surface area contributed by atoms with E-state index in [1.54, 1.807) is 17.8 Å². The molecule has 0 fully saturated rings. The van der Waals surface area contributed by atoms with E-state index in [4.69, 9.17) is 4.42 Å². The zero-order chi connectivity index (χ0) is 9.90. The van der Waals surface area contributed by atoms with Crippen molar-refractivity contribution in [3.05, 3.63) is 23.7 Å². The number of furan rings is 1. The number of carbonyl (C=O) groups excluding carboxylic acids is 1. The second kappa shape index (κ2) is 4.01. The molecule has 1 aromatic rings. The maximum absolute atomic E-state index is 10.3. The van der Waals surface area contributed by atoms with Crippen LogP contribution in [0.1, 0.15) is 37.1 Å².